The van der Waals surface area contributed by atoms with Crippen LogP contribution in [-0.2, 0) is 0 Å². The van der Waals surface area contributed by atoms with E-state index in [9.17, 15) is 4.79 Å². The van der Waals surface area contributed by atoms with Crippen LogP contribution in [0, 0.1) is 6.92 Å². The maximum atomic E-state index is 13.5. The minimum atomic E-state index is -0.380. The molecule has 5 rings (SSSR count). The highest BCUT2D eigenvalue weighted by Crippen LogP contribution is 2.30. The Labute approximate surface area is 185 Å². The van der Waals surface area contributed by atoms with Crippen molar-refractivity contribution in [3.63, 3.8) is 0 Å². The largest absolute Gasteiger partial charge is 0.368 e. The van der Waals surface area contributed by atoms with Crippen molar-refractivity contribution < 1.29 is 0 Å². The van der Waals surface area contributed by atoms with E-state index in [1.54, 1.807) is 16.5 Å². The lowest BCUT2D eigenvalue weighted by atomic mass is 10.0. The molecule has 5 aromatic rings. The molecule has 156 valence electrons. The quantitative estimate of drug-likeness (QED) is 0.378. The first-order valence-electron chi connectivity index (χ1n) is 9.42. The Balaban J connectivity index is 1.70. The van der Waals surface area contributed by atoms with Gasteiger partial charge in [0.15, 0.2) is 16.4 Å². The van der Waals surface area contributed by atoms with Crippen LogP contribution >= 0.6 is 22.9 Å². The Morgan fingerprint density at radius 3 is 2.94 bits per heavy atom. The lowest BCUT2D eigenvalue weighted by Crippen LogP contribution is -2.23. The number of nitrogens with two attached hydrogens (primary N) is 1. The molecule has 1 unspecified atom stereocenters. The highest BCUT2D eigenvalue weighted by Gasteiger charge is 2.22. The van der Waals surface area contributed by atoms with Gasteiger partial charge >= 0.3 is 0 Å². The number of benzene rings is 1. The molecule has 4 N–H and O–H groups in total. The zero-order chi connectivity index (χ0) is 21.7. The number of fused-ring (bicyclic) bond motifs is 2. The average Bonchev–Trinajstić information content (AvgIpc) is 3.34. The van der Waals surface area contributed by atoms with Crippen molar-refractivity contribution in [3.05, 3.63) is 62.7 Å². The Morgan fingerprint density at radius 2 is 2.13 bits per heavy atom. The number of anilines is 2. The number of halogens is 1. The molecule has 1 atom stereocenters. The summed E-state index contributed by atoms with van der Waals surface area (Å²) in [6, 6.07) is 6.82. The first-order valence-corrected chi connectivity index (χ1v) is 10.7. The van der Waals surface area contributed by atoms with E-state index in [1.807, 2.05) is 31.4 Å². The number of aromatic nitrogens is 6. The lowest BCUT2D eigenvalue weighted by molar-refractivity contribution is 0.826. The maximum Gasteiger partial charge on any atom is 0.266 e. The summed E-state index contributed by atoms with van der Waals surface area (Å²) in [6.45, 7) is 3.79. The third kappa shape index (κ3) is 3.29. The third-order valence-corrected chi connectivity index (χ3v) is 6.13. The van der Waals surface area contributed by atoms with Crippen LogP contribution < -0.4 is 16.6 Å². The van der Waals surface area contributed by atoms with Gasteiger partial charge in [0, 0.05) is 16.1 Å². The smallest absolute Gasteiger partial charge is 0.266 e. The van der Waals surface area contributed by atoms with Crippen molar-refractivity contribution in [2.45, 2.75) is 19.9 Å². The minimum absolute atomic E-state index is 0.0988. The second kappa shape index (κ2) is 7.33. The second-order valence-corrected chi connectivity index (χ2v) is 8.35. The van der Waals surface area contributed by atoms with Gasteiger partial charge in [0.2, 0.25) is 5.95 Å². The summed E-state index contributed by atoms with van der Waals surface area (Å²) in [4.78, 5) is 34.5. The van der Waals surface area contributed by atoms with Crippen LogP contribution in [0.15, 0.2) is 40.8 Å². The number of aryl methyl sites for hydroxylation is 1. The molecule has 0 bridgehead atoms. The SMILES string of the molecule is Cc1csc2nc(C(C)Nc3nc(N)nc4nc[nH]c34)c(-c3cccc(Cl)c3)c(=O)n12. The van der Waals surface area contributed by atoms with Gasteiger partial charge < -0.3 is 16.0 Å². The molecule has 1 aromatic carbocycles. The van der Waals surface area contributed by atoms with Gasteiger partial charge in [-0.15, -0.1) is 11.3 Å². The number of imidazole rings is 1. The topological polar surface area (TPSA) is 127 Å². The Hall–Kier alpha value is -3.50. The molecule has 0 aliphatic rings. The van der Waals surface area contributed by atoms with Crippen LogP contribution in [0.4, 0.5) is 11.8 Å². The third-order valence-electron chi connectivity index (χ3n) is 4.95. The van der Waals surface area contributed by atoms with Crippen LogP contribution in [0.3, 0.4) is 0 Å². The number of nitrogens with one attached hydrogen (secondary N) is 2. The molecule has 0 aliphatic carbocycles. The summed E-state index contributed by atoms with van der Waals surface area (Å²) < 4.78 is 1.62. The molecule has 31 heavy (non-hydrogen) atoms. The molecule has 0 spiro atoms. The van der Waals surface area contributed by atoms with Gasteiger partial charge in [-0.05, 0) is 31.5 Å². The van der Waals surface area contributed by atoms with Gasteiger partial charge in [-0.25, -0.2) is 9.97 Å². The predicted octanol–water partition coefficient (Wildman–Crippen LogP) is 3.81. The molecule has 0 aliphatic heterocycles. The predicted molar refractivity (Wildman–Crippen MR) is 123 cm³/mol. The van der Waals surface area contributed by atoms with E-state index in [2.05, 4.69) is 25.3 Å². The first kappa shape index (κ1) is 19.5. The zero-order valence-electron chi connectivity index (χ0n) is 16.5. The summed E-state index contributed by atoms with van der Waals surface area (Å²) in [5.41, 5.74) is 9.35. The van der Waals surface area contributed by atoms with Crippen molar-refractivity contribution in [2.75, 3.05) is 11.1 Å². The summed E-state index contributed by atoms with van der Waals surface area (Å²) in [7, 11) is 0. The normalized spacial score (nSPS) is 12.5. The molecule has 9 nitrogen and oxygen atoms in total. The molecule has 0 fully saturated rings. The van der Waals surface area contributed by atoms with Gasteiger partial charge in [-0.1, -0.05) is 23.7 Å². The van der Waals surface area contributed by atoms with E-state index in [0.717, 1.165) is 5.69 Å². The first-order chi connectivity index (χ1) is 14.9. The van der Waals surface area contributed by atoms with Crippen LogP contribution in [0.5, 0.6) is 0 Å². The number of nitrogen functional groups attached to an aromatic ring is 1. The van der Waals surface area contributed by atoms with E-state index in [4.69, 9.17) is 22.3 Å². The van der Waals surface area contributed by atoms with E-state index >= 15 is 0 Å². The number of hydrogen-bond acceptors (Lipinski definition) is 8. The number of thiazole rings is 1. The van der Waals surface area contributed by atoms with Crippen LogP contribution in [-0.4, -0.2) is 29.3 Å². The van der Waals surface area contributed by atoms with Crippen molar-refractivity contribution >= 4 is 50.8 Å². The molecule has 4 heterocycles. The number of H-pyrrole nitrogens is 1. The second-order valence-electron chi connectivity index (χ2n) is 7.08. The van der Waals surface area contributed by atoms with Gasteiger partial charge in [0.25, 0.3) is 5.56 Å². The fourth-order valence-corrected chi connectivity index (χ4v) is 4.61. The molecular formula is C20H17ClN8OS. The lowest BCUT2D eigenvalue weighted by Gasteiger charge is -2.18. The molecule has 4 aromatic heterocycles. The van der Waals surface area contributed by atoms with Crippen molar-refractivity contribution in [1.29, 1.82) is 0 Å². The number of nitrogens with zero attached hydrogens (tertiary/aromatic N) is 5. The fraction of sp³-hybridized carbons (Fsp3) is 0.150. The number of aromatic amines is 1. The van der Waals surface area contributed by atoms with Crippen molar-refractivity contribution in [1.82, 2.24) is 29.3 Å². The standard InChI is InChI=1S/C20H17ClN8OS/c1-9-7-31-20-26-14(13(18(30)29(9)20)11-4-3-5-12(21)6-11)10(2)25-17-15-16(24-8-23-15)27-19(22)28-17/h3-8,10H,1-2H3,(H4,22,23,24,25,27,28). The Morgan fingerprint density at radius 1 is 1.29 bits per heavy atom. The van der Waals surface area contributed by atoms with Crippen molar-refractivity contribution in [2.24, 2.45) is 0 Å². The van der Waals surface area contributed by atoms with E-state index in [0.29, 0.717) is 43.8 Å². The fourth-order valence-electron chi connectivity index (χ4n) is 3.55. The summed E-state index contributed by atoms with van der Waals surface area (Å²) in [5, 5.41) is 5.76. The van der Waals surface area contributed by atoms with E-state index in [-0.39, 0.29) is 17.5 Å². The van der Waals surface area contributed by atoms with E-state index < -0.39 is 0 Å². The summed E-state index contributed by atoms with van der Waals surface area (Å²) in [6.07, 6.45) is 1.52. The molecular weight excluding hydrogens is 436 g/mol. The highest BCUT2D eigenvalue weighted by atomic mass is 35.5. The van der Waals surface area contributed by atoms with Gasteiger partial charge in [-0.3, -0.25) is 9.20 Å². The van der Waals surface area contributed by atoms with Gasteiger partial charge in [0.05, 0.1) is 23.6 Å². The Bertz CT molecular complexity index is 1500. The summed E-state index contributed by atoms with van der Waals surface area (Å²) >= 11 is 7.64. The number of hydrogen-bond donors (Lipinski definition) is 3. The van der Waals surface area contributed by atoms with Crippen LogP contribution in [0.1, 0.15) is 24.4 Å². The monoisotopic (exact) mass is 452 g/mol. The molecule has 0 amide bonds. The molecule has 0 radical (unpaired) electrons. The van der Waals surface area contributed by atoms with E-state index in [1.165, 1.54) is 17.7 Å². The highest BCUT2D eigenvalue weighted by molar-refractivity contribution is 7.15. The molecule has 11 heteroatoms. The van der Waals surface area contributed by atoms with Crippen LogP contribution in [0.2, 0.25) is 5.02 Å². The van der Waals surface area contributed by atoms with Gasteiger partial charge in [0.1, 0.15) is 5.52 Å². The molecule has 0 saturated heterocycles. The summed E-state index contributed by atoms with van der Waals surface area (Å²) in [5.74, 6) is 0.579. The average molecular weight is 453 g/mol. The zero-order valence-corrected chi connectivity index (χ0v) is 18.1. The van der Waals surface area contributed by atoms with Crippen LogP contribution in [0.25, 0.3) is 27.3 Å². The minimum Gasteiger partial charge on any atom is -0.368 e. The maximum absolute atomic E-state index is 13.5. The molecule has 0 saturated carbocycles. The Kier molecular flexibility index (Phi) is 4.60. The van der Waals surface area contributed by atoms with Crippen molar-refractivity contribution in [3.8, 4) is 11.1 Å². The number of rotatable bonds is 4. The van der Waals surface area contributed by atoms with Gasteiger partial charge in [-0.2, -0.15) is 9.97 Å².